The maximum Gasteiger partial charge on any atom is 0.335 e. The van der Waals surface area contributed by atoms with Gasteiger partial charge in [0.1, 0.15) is 17.1 Å². The third-order valence-corrected chi connectivity index (χ3v) is 6.45. The van der Waals surface area contributed by atoms with Gasteiger partial charge in [0.25, 0.3) is 17.5 Å². The van der Waals surface area contributed by atoms with E-state index in [-0.39, 0.29) is 27.2 Å². The van der Waals surface area contributed by atoms with Crippen LogP contribution in [-0.2, 0) is 9.59 Å². The number of carbonyl (C=O) groups excluding carboxylic acids is 3. The molecular formula is C25H16Br2N4O9. The number of barbiturate groups is 1. The molecule has 204 valence electrons. The quantitative estimate of drug-likeness (QED) is 0.132. The predicted molar refractivity (Wildman–Crippen MR) is 148 cm³/mol. The fourth-order valence-corrected chi connectivity index (χ4v) is 5.00. The molecule has 0 unspecified atom stereocenters. The number of urea groups is 1. The van der Waals surface area contributed by atoms with Crippen molar-refractivity contribution in [2.75, 3.05) is 11.5 Å². The van der Waals surface area contributed by atoms with Crippen molar-refractivity contribution in [2.45, 2.75) is 6.92 Å². The number of amides is 4. The van der Waals surface area contributed by atoms with E-state index in [2.05, 4.69) is 37.2 Å². The van der Waals surface area contributed by atoms with Gasteiger partial charge in [0, 0.05) is 16.1 Å². The van der Waals surface area contributed by atoms with Crippen LogP contribution in [0.4, 0.5) is 21.9 Å². The molecule has 40 heavy (non-hydrogen) atoms. The Labute approximate surface area is 241 Å². The monoisotopic (exact) mass is 674 g/mol. The molecule has 1 heterocycles. The number of nitrogens with one attached hydrogen (secondary N) is 1. The Hall–Kier alpha value is -4.63. The first-order chi connectivity index (χ1) is 19.0. The van der Waals surface area contributed by atoms with Gasteiger partial charge in [-0.25, -0.2) is 9.69 Å². The lowest BCUT2D eigenvalue weighted by Gasteiger charge is -2.26. The van der Waals surface area contributed by atoms with Crippen LogP contribution >= 0.6 is 31.9 Å². The first-order valence-electron chi connectivity index (χ1n) is 11.2. The number of nitro groups is 2. The van der Waals surface area contributed by atoms with Gasteiger partial charge < -0.3 is 9.47 Å². The summed E-state index contributed by atoms with van der Waals surface area (Å²) in [6.45, 7) is 2.22. The highest BCUT2D eigenvalue weighted by molar-refractivity contribution is 9.11. The van der Waals surface area contributed by atoms with Crippen molar-refractivity contribution >= 4 is 72.8 Å². The summed E-state index contributed by atoms with van der Waals surface area (Å²) in [4.78, 5) is 60.5. The van der Waals surface area contributed by atoms with Gasteiger partial charge in [-0.05, 0) is 71.4 Å². The van der Waals surface area contributed by atoms with Crippen LogP contribution in [0, 0.1) is 20.2 Å². The molecule has 0 aliphatic carbocycles. The van der Waals surface area contributed by atoms with Gasteiger partial charge >= 0.3 is 11.7 Å². The molecule has 1 aliphatic rings. The largest absolute Gasteiger partial charge is 0.494 e. The average molecular weight is 676 g/mol. The first-order valence-corrected chi connectivity index (χ1v) is 12.8. The molecule has 0 radical (unpaired) electrons. The summed E-state index contributed by atoms with van der Waals surface area (Å²) in [5.74, 6) is -1.76. The van der Waals surface area contributed by atoms with Crippen molar-refractivity contribution in [2.24, 2.45) is 0 Å². The zero-order valence-corrected chi connectivity index (χ0v) is 23.4. The molecule has 4 rings (SSSR count). The number of ether oxygens (including phenoxy) is 2. The lowest BCUT2D eigenvalue weighted by atomic mass is 10.1. The third kappa shape index (κ3) is 5.84. The van der Waals surface area contributed by atoms with Crippen molar-refractivity contribution in [3.05, 3.63) is 94.9 Å². The fraction of sp³-hybridized carbons (Fsp3) is 0.0800. The number of rotatable bonds is 8. The minimum absolute atomic E-state index is 0.0437. The van der Waals surface area contributed by atoms with Gasteiger partial charge in [0.05, 0.1) is 32.7 Å². The van der Waals surface area contributed by atoms with Crippen LogP contribution in [0.2, 0.25) is 0 Å². The van der Waals surface area contributed by atoms with E-state index in [1.807, 2.05) is 0 Å². The summed E-state index contributed by atoms with van der Waals surface area (Å²) < 4.78 is 11.9. The second kappa shape index (κ2) is 11.6. The minimum atomic E-state index is -0.972. The van der Waals surface area contributed by atoms with Crippen molar-refractivity contribution in [1.82, 2.24) is 5.32 Å². The van der Waals surface area contributed by atoms with Crippen molar-refractivity contribution in [3.63, 3.8) is 0 Å². The Morgan fingerprint density at radius 3 is 2.30 bits per heavy atom. The zero-order chi connectivity index (χ0) is 29.1. The highest BCUT2D eigenvalue weighted by Crippen LogP contribution is 2.41. The van der Waals surface area contributed by atoms with Crippen LogP contribution in [0.5, 0.6) is 17.2 Å². The third-order valence-electron chi connectivity index (χ3n) is 5.41. The number of non-ortho nitro benzene ring substituents is 1. The normalized spacial score (nSPS) is 14.2. The highest BCUT2D eigenvalue weighted by Gasteiger charge is 2.37. The molecule has 15 heteroatoms. The molecule has 4 amide bonds. The van der Waals surface area contributed by atoms with Crippen molar-refractivity contribution < 1.29 is 33.7 Å². The molecule has 0 saturated carbocycles. The number of nitrogens with zero attached hydrogens (tertiary/aromatic N) is 3. The number of imide groups is 2. The molecule has 13 nitrogen and oxygen atoms in total. The molecule has 1 fully saturated rings. The van der Waals surface area contributed by atoms with Gasteiger partial charge in [0.15, 0.2) is 0 Å². The SMILES string of the molecule is CCOc1ccc(N2C(=O)NC(=O)/C(=C\c3cc(Br)cc(Br)c3Oc3ccc([N+](=O)[O-])cc3[N+](=O)[O-])C2=O)cc1. The van der Waals surface area contributed by atoms with E-state index in [1.165, 1.54) is 18.2 Å². The van der Waals surface area contributed by atoms with Crippen LogP contribution in [0.3, 0.4) is 0 Å². The number of anilines is 1. The summed E-state index contributed by atoms with van der Waals surface area (Å²) in [5.41, 5.74) is -1.33. The molecule has 1 saturated heterocycles. The van der Waals surface area contributed by atoms with E-state index in [4.69, 9.17) is 9.47 Å². The lowest BCUT2D eigenvalue weighted by Crippen LogP contribution is -2.54. The Morgan fingerprint density at radius 2 is 1.68 bits per heavy atom. The van der Waals surface area contributed by atoms with Gasteiger partial charge in [-0.15, -0.1) is 0 Å². The molecule has 0 atom stereocenters. The predicted octanol–water partition coefficient (Wildman–Crippen LogP) is 5.89. The summed E-state index contributed by atoms with van der Waals surface area (Å²) in [7, 11) is 0. The number of nitro benzene ring substituents is 2. The topological polar surface area (TPSA) is 171 Å². The van der Waals surface area contributed by atoms with E-state index in [0.717, 1.165) is 29.2 Å². The number of carbonyl (C=O) groups is 3. The summed E-state index contributed by atoms with van der Waals surface area (Å²) >= 11 is 6.61. The maximum absolute atomic E-state index is 13.4. The van der Waals surface area contributed by atoms with Crippen molar-refractivity contribution in [3.8, 4) is 17.2 Å². The molecular weight excluding hydrogens is 660 g/mol. The van der Waals surface area contributed by atoms with Crippen molar-refractivity contribution in [1.29, 1.82) is 0 Å². The van der Waals surface area contributed by atoms with Crippen LogP contribution in [-0.4, -0.2) is 34.3 Å². The molecule has 1 N–H and O–H groups in total. The molecule has 1 aliphatic heterocycles. The molecule has 3 aromatic rings. The first kappa shape index (κ1) is 28.4. The highest BCUT2D eigenvalue weighted by atomic mass is 79.9. The number of hydrogen-bond acceptors (Lipinski definition) is 9. The zero-order valence-electron chi connectivity index (χ0n) is 20.3. The van der Waals surface area contributed by atoms with E-state index in [9.17, 15) is 34.6 Å². The van der Waals surface area contributed by atoms with E-state index in [0.29, 0.717) is 16.8 Å². The molecule has 3 aromatic carbocycles. The van der Waals surface area contributed by atoms with E-state index < -0.39 is 44.6 Å². The van der Waals surface area contributed by atoms with Crippen LogP contribution in [0.1, 0.15) is 12.5 Å². The van der Waals surface area contributed by atoms with Gasteiger partial charge in [-0.3, -0.25) is 35.1 Å². The average Bonchev–Trinajstić information content (AvgIpc) is 2.89. The Balaban J connectivity index is 1.77. The number of hydrogen-bond donors (Lipinski definition) is 1. The number of benzene rings is 3. The second-order valence-corrected chi connectivity index (χ2v) is 9.73. The summed E-state index contributed by atoms with van der Waals surface area (Å²) in [6.07, 6.45) is 1.16. The minimum Gasteiger partial charge on any atom is -0.494 e. The summed E-state index contributed by atoms with van der Waals surface area (Å²) in [6, 6.07) is 11.0. The lowest BCUT2D eigenvalue weighted by molar-refractivity contribution is -0.394. The van der Waals surface area contributed by atoms with E-state index >= 15 is 0 Å². The van der Waals surface area contributed by atoms with Gasteiger partial charge in [-0.1, -0.05) is 15.9 Å². The second-order valence-electron chi connectivity index (χ2n) is 7.96. The molecule has 0 spiro atoms. The van der Waals surface area contributed by atoms with E-state index in [1.54, 1.807) is 25.1 Å². The van der Waals surface area contributed by atoms with Gasteiger partial charge in [0.2, 0.25) is 5.75 Å². The fourth-order valence-electron chi connectivity index (χ4n) is 3.66. The van der Waals surface area contributed by atoms with Crippen LogP contribution in [0.25, 0.3) is 6.08 Å². The maximum atomic E-state index is 13.4. The van der Waals surface area contributed by atoms with Gasteiger partial charge in [-0.2, -0.15) is 0 Å². The Bertz CT molecular complexity index is 1610. The Morgan fingerprint density at radius 1 is 0.975 bits per heavy atom. The Kier molecular flexibility index (Phi) is 8.25. The van der Waals surface area contributed by atoms with Crippen LogP contribution in [0.15, 0.2) is 69.1 Å². The smallest absolute Gasteiger partial charge is 0.335 e. The summed E-state index contributed by atoms with van der Waals surface area (Å²) in [5, 5.41) is 24.8. The number of halogens is 2. The molecule has 0 aromatic heterocycles. The standard InChI is InChI=1S/C25H16Br2N4O9/c1-2-39-17-6-3-15(4-7-17)29-24(33)18(23(32)28-25(29)34)10-13-9-14(26)11-19(27)22(13)40-21-8-5-16(30(35)36)12-20(21)31(37)38/h3-12H,2H2,1H3,(H,28,32,34)/b18-10+. The molecule has 0 bridgehead atoms. The van der Waals surface area contributed by atoms with Crippen LogP contribution < -0.4 is 19.7 Å².